The fourth-order valence-electron chi connectivity index (χ4n) is 3.32. The average molecular weight is 424 g/mol. The van der Waals surface area contributed by atoms with Gasteiger partial charge in [0.15, 0.2) is 0 Å². The topological polar surface area (TPSA) is 113 Å². The van der Waals surface area contributed by atoms with E-state index in [1.807, 2.05) is 6.07 Å². The SMILES string of the molecule is C[C@@]12C[C@@H](C(=O)Nc3cccn(-c4ccccn4)c3=O)N[C@@H]1C2.O=C(O)C(F)(F)F. The van der Waals surface area contributed by atoms with Gasteiger partial charge < -0.3 is 15.7 Å². The molecule has 1 aliphatic carbocycles. The summed E-state index contributed by atoms with van der Waals surface area (Å²) < 4.78 is 33.2. The minimum atomic E-state index is -5.08. The van der Waals surface area contributed by atoms with Crippen molar-refractivity contribution in [2.75, 3.05) is 5.32 Å². The Morgan fingerprint density at radius 1 is 1.27 bits per heavy atom. The molecule has 1 saturated carbocycles. The number of anilines is 1. The van der Waals surface area contributed by atoms with Crippen molar-refractivity contribution in [3.8, 4) is 5.82 Å². The normalized spacial score (nSPS) is 24.3. The lowest BCUT2D eigenvalue weighted by molar-refractivity contribution is -0.192. The van der Waals surface area contributed by atoms with Crippen LogP contribution in [0.4, 0.5) is 18.9 Å². The van der Waals surface area contributed by atoms with Gasteiger partial charge in [-0.2, -0.15) is 13.2 Å². The van der Waals surface area contributed by atoms with E-state index >= 15 is 0 Å². The van der Waals surface area contributed by atoms with Crippen LogP contribution in [0.15, 0.2) is 47.5 Å². The van der Waals surface area contributed by atoms with Gasteiger partial charge in [-0.3, -0.25) is 14.2 Å². The molecule has 3 heterocycles. The van der Waals surface area contributed by atoms with Crippen molar-refractivity contribution in [2.45, 2.75) is 38.0 Å². The number of nitrogens with one attached hydrogen (secondary N) is 2. The minimum Gasteiger partial charge on any atom is -0.475 e. The average Bonchev–Trinajstić information content (AvgIpc) is 3.20. The van der Waals surface area contributed by atoms with Crippen molar-refractivity contribution < 1.29 is 27.9 Å². The number of piperidine rings is 1. The number of nitrogens with zero attached hydrogens (tertiary/aromatic N) is 2. The number of halogens is 3. The molecule has 0 radical (unpaired) electrons. The lowest BCUT2D eigenvalue weighted by Crippen LogP contribution is -2.39. The Bertz CT molecular complexity index is 1010. The van der Waals surface area contributed by atoms with E-state index in [0.29, 0.717) is 11.9 Å². The molecule has 0 unspecified atom stereocenters. The third kappa shape index (κ3) is 4.67. The standard InChI is InChI=1S/C17H18N4O2.C2HF3O2/c1-17-9-12(19-13(17)10-17)15(22)20-11-5-4-8-21(16(11)23)14-6-2-3-7-18-14;3-2(4,5)1(6)7/h2-8,12-13,19H,9-10H2,1H3,(H,20,22);(H,6,7)/t12-,13+,17-;/m0./s1. The molecule has 2 aliphatic rings. The van der Waals surface area contributed by atoms with E-state index in [1.165, 1.54) is 4.57 Å². The molecule has 160 valence electrons. The third-order valence-corrected chi connectivity index (χ3v) is 5.08. The lowest BCUT2D eigenvalue weighted by atomic mass is 10.0. The molecule has 0 aromatic carbocycles. The zero-order valence-corrected chi connectivity index (χ0v) is 15.8. The minimum absolute atomic E-state index is 0.144. The smallest absolute Gasteiger partial charge is 0.475 e. The summed E-state index contributed by atoms with van der Waals surface area (Å²) in [6.45, 7) is 2.19. The van der Waals surface area contributed by atoms with Crippen LogP contribution in [0, 0.1) is 5.41 Å². The predicted octanol–water partition coefficient (Wildman–Crippen LogP) is 1.94. The highest BCUT2D eigenvalue weighted by atomic mass is 19.4. The van der Waals surface area contributed by atoms with Gasteiger partial charge in [-0.25, -0.2) is 9.78 Å². The van der Waals surface area contributed by atoms with Crippen LogP contribution in [0.1, 0.15) is 19.8 Å². The molecule has 30 heavy (non-hydrogen) atoms. The molecule has 0 spiro atoms. The number of aliphatic carboxylic acids is 1. The molecule has 1 saturated heterocycles. The molecule has 2 aromatic heterocycles. The Hall–Kier alpha value is -3.21. The molecular formula is C19H19F3N4O4. The van der Waals surface area contributed by atoms with Crippen LogP contribution >= 0.6 is 0 Å². The summed E-state index contributed by atoms with van der Waals surface area (Å²) in [5.74, 6) is -2.37. The second kappa shape index (κ2) is 7.90. The molecule has 1 amide bonds. The Kier molecular flexibility index (Phi) is 5.66. The molecule has 8 nitrogen and oxygen atoms in total. The lowest BCUT2D eigenvalue weighted by Gasteiger charge is -2.14. The number of hydrogen-bond donors (Lipinski definition) is 3. The first-order chi connectivity index (χ1) is 14.0. The van der Waals surface area contributed by atoms with Gasteiger partial charge in [0, 0.05) is 18.4 Å². The van der Waals surface area contributed by atoms with Crippen LogP contribution in [-0.2, 0) is 9.59 Å². The van der Waals surface area contributed by atoms with E-state index in [-0.39, 0.29) is 28.6 Å². The van der Waals surface area contributed by atoms with Crippen molar-refractivity contribution in [1.82, 2.24) is 14.9 Å². The van der Waals surface area contributed by atoms with Gasteiger partial charge in [0.25, 0.3) is 5.56 Å². The van der Waals surface area contributed by atoms with E-state index in [2.05, 4.69) is 22.5 Å². The molecule has 1 aliphatic heterocycles. The molecule has 4 rings (SSSR count). The summed E-state index contributed by atoms with van der Waals surface area (Å²) in [7, 11) is 0. The zero-order valence-electron chi connectivity index (χ0n) is 15.8. The molecule has 2 fully saturated rings. The van der Waals surface area contributed by atoms with E-state index in [0.717, 1.165) is 12.8 Å². The number of rotatable bonds is 3. The summed E-state index contributed by atoms with van der Waals surface area (Å²) in [6, 6.07) is 8.93. The maximum atomic E-state index is 12.5. The second-order valence-corrected chi connectivity index (χ2v) is 7.41. The number of carbonyl (C=O) groups is 2. The van der Waals surface area contributed by atoms with Crippen molar-refractivity contribution in [2.24, 2.45) is 5.41 Å². The number of amides is 1. The highest BCUT2D eigenvalue weighted by Crippen LogP contribution is 2.53. The monoisotopic (exact) mass is 424 g/mol. The molecular weight excluding hydrogens is 405 g/mol. The summed E-state index contributed by atoms with van der Waals surface area (Å²) >= 11 is 0. The first kappa shape index (κ1) is 21.5. The van der Waals surface area contributed by atoms with Gasteiger partial charge >= 0.3 is 12.1 Å². The maximum absolute atomic E-state index is 12.5. The van der Waals surface area contributed by atoms with Crippen LogP contribution in [0.25, 0.3) is 5.82 Å². The third-order valence-electron chi connectivity index (χ3n) is 5.08. The Balaban J connectivity index is 0.000000318. The van der Waals surface area contributed by atoms with Crippen molar-refractivity contribution in [1.29, 1.82) is 0 Å². The Morgan fingerprint density at radius 3 is 2.50 bits per heavy atom. The van der Waals surface area contributed by atoms with Crippen LogP contribution in [0.5, 0.6) is 0 Å². The fourth-order valence-corrected chi connectivity index (χ4v) is 3.32. The number of hydrogen-bond acceptors (Lipinski definition) is 5. The quantitative estimate of drug-likeness (QED) is 0.694. The number of alkyl halides is 3. The predicted molar refractivity (Wildman–Crippen MR) is 100 cm³/mol. The molecule has 2 aromatic rings. The highest BCUT2D eigenvalue weighted by molar-refractivity contribution is 5.95. The van der Waals surface area contributed by atoms with Crippen LogP contribution < -0.4 is 16.2 Å². The van der Waals surface area contributed by atoms with Gasteiger partial charge in [-0.1, -0.05) is 13.0 Å². The largest absolute Gasteiger partial charge is 0.490 e. The van der Waals surface area contributed by atoms with Crippen LogP contribution in [0.3, 0.4) is 0 Å². The zero-order chi connectivity index (χ0) is 22.1. The number of fused-ring (bicyclic) bond motifs is 1. The summed E-state index contributed by atoms with van der Waals surface area (Å²) in [4.78, 5) is 38.0. The van der Waals surface area contributed by atoms with E-state index in [9.17, 15) is 22.8 Å². The number of pyridine rings is 2. The van der Waals surface area contributed by atoms with Gasteiger partial charge in [-0.05, 0) is 42.5 Å². The van der Waals surface area contributed by atoms with Gasteiger partial charge in [0.05, 0.1) is 6.04 Å². The van der Waals surface area contributed by atoms with Crippen molar-refractivity contribution in [3.63, 3.8) is 0 Å². The van der Waals surface area contributed by atoms with E-state index < -0.39 is 12.1 Å². The molecule has 0 bridgehead atoms. The van der Waals surface area contributed by atoms with E-state index in [1.54, 1.807) is 36.7 Å². The first-order valence-corrected chi connectivity index (χ1v) is 9.01. The number of aromatic nitrogens is 2. The van der Waals surface area contributed by atoms with Gasteiger partial charge in [0.2, 0.25) is 5.91 Å². The van der Waals surface area contributed by atoms with Gasteiger partial charge in [0.1, 0.15) is 11.5 Å². The number of carbonyl (C=O) groups excluding carboxylic acids is 1. The summed E-state index contributed by atoms with van der Waals surface area (Å²) in [5.41, 5.74) is 0.247. The Morgan fingerprint density at radius 2 is 1.97 bits per heavy atom. The van der Waals surface area contributed by atoms with Gasteiger partial charge in [-0.15, -0.1) is 0 Å². The van der Waals surface area contributed by atoms with E-state index in [4.69, 9.17) is 9.90 Å². The number of carboxylic acid groups (broad SMARTS) is 1. The molecule has 11 heteroatoms. The first-order valence-electron chi connectivity index (χ1n) is 9.01. The Labute approximate surface area is 168 Å². The summed E-state index contributed by atoms with van der Waals surface area (Å²) in [6.07, 6.45) is 0.145. The van der Waals surface area contributed by atoms with Crippen molar-refractivity contribution in [3.05, 3.63) is 53.1 Å². The number of carboxylic acids is 1. The van der Waals surface area contributed by atoms with Crippen molar-refractivity contribution >= 4 is 17.6 Å². The van der Waals surface area contributed by atoms with Crippen LogP contribution in [-0.4, -0.2) is 44.8 Å². The fraction of sp³-hybridized carbons (Fsp3) is 0.368. The molecule has 3 atom stereocenters. The maximum Gasteiger partial charge on any atom is 0.490 e. The summed E-state index contributed by atoms with van der Waals surface area (Å²) in [5, 5.41) is 13.2. The van der Waals surface area contributed by atoms with Crippen LogP contribution in [0.2, 0.25) is 0 Å². The highest BCUT2D eigenvalue weighted by Gasteiger charge is 2.58. The second-order valence-electron chi connectivity index (χ2n) is 7.41. The molecule has 3 N–H and O–H groups in total.